The van der Waals surface area contributed by atoms with Gasteiger partial charge in [0.2, 0.25) is 5.75 Å². The third kappa shape index (κ3) is 3.20. The Bertz CT molecular complexity index is 1070. The first-order valence-electron chi connectivity index (χ1n) is 7.39. The molecule has 1 aromatic heterocycles. The highest BCUT2D eigenvalue weighted by Gasteiger charge is 2.22. The summed E-state index contributed by atoms with van der Waals surface area (Å²) in [5.41, 5.74) is 0.138. The molecule has 1 heterocycles. The highest BCUT2D eigenvalue weighted by Crippen LogP contribution is 2.38. The molecule has 2 aromatic carbocycles. The van der Waals surface area contributed by atoms with Crippen LogP contribution in [0.4, 0.5) is 17.1 Å². The van der Waals surface area contributed by atoms with Gasteiger partial charge in [0.25, 0.3) is 0 Å². The van der Waals surface area contributed by atoms with Crippen molar-refractivity contribution in [3.63, 3.8) is 0 Å². The van der Waals surface area contributed by atoms with Gasteiger partial charge in [0.05, 0.1) is 15.6 Å². The zero-order chi connectivity index (χ0) is 18.8. The summed E-state index contributed by atoms with van der Waals surface area (Å²) >= 11 is 5.82. The highest BCUT2D eigenvalue weighted by atomic mass is 35.5. The lowest BCUT2D eigenvalue weighted by atomic mass is 10.2. The van der Waals surface area contributed by atoms with Crippen molar-refractivity contribution in [2.75, 3.05) is 0 Å². The monoisotopic (exact) mass is 374 g/mol. The molecule has 0 aliphatic carbocycles. The molecule has 132 valence electrons. The molecule has 10 heteroatoms. The van der Waals surface area contributed by atoms with Crippen LogP contribution in [0.15, 0.2) is 52.4 Å². The summed E-state index contributed by atoms with van der Waals surface area (Å²) in [5.74, 6) is -0.650. The van der Waals surface area contributed by atoms with Crippen LogP contribution in [0.25, 0.3) is 5.69 Å². The summed E-state index contributed by atoms with van der Waals surface area (Å²) in [7, 11) is 0. The fraction of sp³-hybridized carbons (Fsp3) is 0.0625. The molecule has 3 aromatic rings. The van der Waals surface area contributed by atoms with Crippen LogP contribution in [0.1, 0.15) is 5.69 Å². The molecule has 0 saturated heterocycles. The Morgan fingerprint density at radius 1 is 1.31 bits per heavy atom. The number of H-pyrrole nitrogens is 1. The predicted octanol–water partition coefficient (Wildman–Crippen LogP) is 2.24. The Hall–Kier alpha value is -3.46. The normalized spacial score (nSPS) is 11.2. The number of rotatable bonds is 4. The number of phenolic OH excluding ortho intramolecular Hbond substituents is 1. The number of aryl methyl sites for hydroxylation is 1. The molecule has 0 unspecified atom stereocenters. The zero-order valence-corrected chi connectivity index (χ0v) is 14.2. The first-order valence-corrected chi connectivity index (χ1v) is 7.77. The van der Waals surface area contributed by atoms with E-state index in [-0.39, 0.29) is 16.4 Å². The molecule has 0 aliphatic rings. The number of halogens is 1. The summed E-state index contributed by atoms with van der Waals surface area (Å²) in [5, 5.41) is 30.3. The zero-order valence-electron chi connectivity index (χ0n) is 13.4. The number of phenols is 1. The van der Waals surface area contributed by atoms with Crippen molar-refractivity contribution in [1.29, 1.82) is 0 Å². The van der Waals surface area contributed by atoms with Crippen LogP contribution in [-0.2, 0) is 0 Å². The van der Waals surface area contributed by atoms with Crippen LogP contribution < -0.4 is 10.7 Å². The molecule has 0 fully saturated rings. The summed E-state index contributed by atoms with van der Waals surface area (Å²) in [6.45, 7) is 1.67. The van der Waals surface area contributed by atoms with Crippen molar-refractivity contribution < 1.29 is 15.1 Å². The number of aromatic hydroxyl groups is 1. The summed E-state index contributed by atoms with van der Waals surface area (Å²) < 4.78 is 1.33. The number of nitro groups is 1. The molecule has 9 nitrogen and oxygen atoms in total. The molecule has 0 radical (unpaired) electrons. The van der Waals surface area contributed by atoms with Crippen LogP contribution in [-0.4, -0.2) is 19.8 Å². The lowest BCUT2D eigenvalue weighted by Gasteiger charge is -1.98. The quantitative estimate of drug-likeness (QED) is 0.367. The van der Waals surface area contributed by atoms with Crippen LogP contribution >= 0.6 is 11.6 Å². The highest BCUT2D eigenvalue weighted by molar-refractivity contribution is 6.31. The van der Waals surface area contributed by atoms with E-state index >= 15 is 0 Å². The summed E-state index contributed by atoms with van der Waals surface area (Å²) in [4.78, 5) is 22.7. The second-order valence-corrected chi connectivity index (χ2v) is 5.80. The fourth-order valence-electron chi connectivity index (χ4n) is 2.35. The third-order valence-corrected chi connectivity index (χ3v) is 3.82. The van der Waals surface area contributed by atoms with Gasteiger partial charge in [0.15, 0.2) is 5.69 Å². The third-order valence-electron chi connectivity index (χ3n) is 3.61. The number of aromatic nitrogens is 2. The standard InChI is InChI=1S/C16H12ClN5O4/c1-9-14(16(24)21(20-9)11-5-3-2-4-6-11)19-18-12-7-10(17)8-13(15(12)23)22(25)26/h2-8,20,23H,1H3/p+1. The lowest BCUT2D eigenvalue weighted by Crippen LogP contribution is -2.60. The molecule has 0 aliphatic heterocycles. The van der Waals surface area contributed by atoms with E-state index in [2.05, 4.69) is 15.3 Å². The van der Waals surface area contributed by atoms with E-state index in [9.17, 15) is 20.0 Å². The molecular formula is C16H13ClN5O4+. The molecule has 0 bridgehead atoms. The van der Waals surface area contributed by atoms with E-state index < -0.39 is 21.9 Å². The van der Waals surface area contributed by atoms with E-state index in [1.807, 2.05) is 6.07 Å². The molecule has 0 saturated carbocycles. The van der Waals surface area contributed by atoms with Gasteiger partial charge in [-0.1, -0.05) is 34.9 Å². The first kappa shape index (κ1) is 17.4. The molecule has 0 spiro atoms. The maximum atomic E-state index is 12.6. The van der Waals surface area contributed by atoms with Gasteiger partial charge in [-0.15, -0.1) is 0 Å². The van der Waals surface area contributed by atoms with Crippen molar-refractivity contribution in [3.05, 3.63) is 73.6 Å². The smallest absolute Gasteiger partial charge is 0.345 e. The number of azo groups is 1. The van der Waals surface area contributed by atoms with E-state index in [0.717, 1.165) is 6.07 Å². The van der Waals surface area contributed by atoms with Crippen molar-refractivity contribution >= 4 is 28.7 Å². The fourth-order valence-corrected chi connectivity index (χ4v) is 2.56. The number of hydrogen-bond acceptors (Lipinski definition) is 5. The van der Waals surface area contributed by atoms with E-state index in [1.54, 1.807) is 31.2 Å². The number of aromatic amines is 1. The number of hydrogen-bond donors (Lipinski definition) is 3. The number of nitrogens with one attached hydrogen (secondary N) is 2. The van der Waals surface area contributed by atoms with Gasteiger partial charge >= 0.3 is 16.9 Å². The van der Waals surface area contributed by atoms with E-state index in [4.69, 9.17) is 11.6 Å². The van der Waals surface area contributed by atoms with Crippen LogP contribution in [0, 0.1) is 17.0 Å². The molecule has 3 rings (SSSR count). The van der Waals surface area contributed by atoms with Gasteiger partial charge in [0.1, 0.15) is 5.69 Å². The average molecular weight is 375 g/mol. The second-order valence-electron chi connectivity index (χ2n) is 5.36. The van der Waals surface area contributed by atoms with Crippen molar-refractivity contribution in [2.24, 2.45) is 5.11 Å². The van der Waals surface area contributed by atoms with Crippen LogP contribution in [0.2, 0.25) is 5.02 Å². The van der Waals surface area contributed by atoms with E-state index in [1.165, 1.54) is 10.7 Å². The first-order chi connectivity index (χ1) is 12.4. The Labute approximate surface area is 151 Å². The SMILES string of the molecule is Cc1[nH]n(-c2ccccc2)c(=O)c1[NH+]=Nc1cc(Cl)cc([N+](=O)[O-])c1O. The minimum absolute atomic E-state index is 0.0301. The van der Waals surface area contributed by atoms with Gasteiger partial charge in [-0.2, -0.15) is 0 Å². The number of nitro benzene ring substituents is 1. The predicted molar refractivity (Wildman–Crippen MR) is 93.6 cm³/mol. The maximum Gasteiger partial charge on any atom is 0.345 e. The van der Waals surface area contributed by atoms with Gasteiger partial charge < -0.3 is 5.11 Å². The Kier molecular flexibility index (Phi) is 4.55. The molecule has 0 atom stereocenters. The van der Waals surface area contributed by atoms with Gasteiger partial charge in [0, 0.05) is 11.2 Å². The molecule has 26 heavy (non-hydrogen) atoms. The van der Waals surface area contributed by atoms with Crippen LogP contribution in [0.5, 0.6) is 5.75 Å². The number of para-hydroxylation sites is 1. The van der Waals surface area contributed by atoms with Crippen molar-refractivity contribution in [3.8, 4) is 11.4 Å². The van der Waals surface area contributed by atoms with Gasteiger partial charge in [-0.05, 0) is 25.1 Å². The minimum atomic E-state index is -0.774. The topological polar surface area (TPSA) is 127 Å². The van der Waals surface area contributed by atoms with Crippen molar-refractivity contribution in [2.45, 2.75) is 6.92 Å². The minimum Gasteiger partial charge on any atom is -0.500 e. The van der Waals surface area contributed by atoms with Crippen molar-refractivity contribution in [1.82, 2.24) is 9.78 Å². The second kappa shape index (κ2) is 6.81. The molecule has 3 N–H and O–H groups in total. The number of benzene rings is 2. The Balaban J connectivity index is 2.04. The molecule has 0 amide bonds. The lowest BCUT2D eigenvalue weighted by molar-refractivity contribution is -0.435. The maximum absolute atomic E-state index is 12.6. The largest absolute Gasteiger partial charge is 0.500 e. The number of nitrogens with zero attached hydrogens (tertiary/aromatic N) is 3. The van der Waals surface area contributed by atoms with Gasteiger partial charge in [-0.25, -0.2) is 4.68 Å². The summed E-state index contributed by atoms with van der Waals surface area (Å²) in [6, 6.07) is 11.2. The van der Waals surface area contributed by atoms with Crippen LogP contribution in [0.3, 0.4) is 0 Å². The Morgan fingerprint density at radius 2 is 2.00 bits per heavy atom. The molecular weight excluding hydrogens is 362 g/mol. The Morgan fingerprint density at radius 3 is 2.65 bits per heavy atom. The van der Waals surface area contributed by atoms with E-state index in [0.29, 0.717) is 11.4 Å². The van der Waals surface area contributed by atoms with Gasteiger partial charge in [-0.3, -0.25) is 20.0 Å². The average Bonchev–Trinajstić information content (AvgIpc) is 2.90. The summed E-state index contributed by atoms with van der Waals surface area (Å²) in [6.07, 6.45) is 0.